The summed E-state index contributed by atoms with van der Waals surface area (Å²) in [6.07, 6.45) is 0. The number of fused-ring (bicyclic) bond motifs is 20. The molecule has 22 rings (SSSR count). The van der Waals surface area contributed by atoms with Gasteiger partial charge in [0.1, 0.15) is 11.6 Å². The first kappa shape index (κ1) is 71.1. The molecule has 0 atom stereocenters. The second-order valence-electron chi connectivity index (χ2n) is 29.6. The molecule has 6 nitrogen and oxygen atoms in total. The maximum Gasteiger partial charge on any atom is 0.488 e. The van der Waals surface area contributed by atoms with Gasteiger partial charge in [-0.15, -0.1) is 0 Å². The van der Waals surface area contributed by atoms with Crippen LogP contribution in [0.15, 0.2) is 405 Å². The van der Waals surface area contributed by atoms with E-state index in [2.05, 4.69) is 277 Å². The minimum atomic E-state index is -1.49. The zero-order valence-electron chi connectivity index (χ0n) is 62.5. The molecule has 0 fully saturated rings. The molecule has 10 heteroatoms. The van der Waals surface area contributed by atoms with Gasteiger partial charge in [-0.2, -0.15) is 0 Å². The molecule has 0 aliphatic heterocycles. The SMILES string of the molecule is Fc1ccc(-c2nc(-c3ccc(-c4ccc5c(c4)C4(c6ccccc6-c6ccccc64)c4ccccc4-5)cc3)cc(-c3cccc(-c4ccccc4)c3)n2)cc1.Fc1ccc(-c2nc(-c3ccc(Br)cc3)cc(-c3cccc(-c4ccccc4)c3)n2)cc1.OB(O)c1ccc2c(c1)C1(c3ccccc3-c3ccccc31)c1ccccc1-2. The molecule has 0 radical (unpaired) electrons. The number of benzene rings is 16. The predicted molar refractivity (Wildman–Crippen MR) is 469 cm³/mol. The summed E-state index contributed by atoms with van der Waals surface area (Å²) >= 11 is 3.49. The van der Waals surface area contributed by atoms with Gasteiger partial charge < -0.3 is 10.0 Å². The lowest BCUT2D eigenvalue weighted by atomic mass is 9.68. The van der Waals surface area contributed by atoms with Crippen molar-refractivity contribution < 1.29 is 18.8 Å². The van der Waals surface area contributed by atoms with Crippen LogP contribution in [-0.2, 0) is 10.8 Å². The average Bonchev–Trinajstić information content (AvgIpc) is 1.51. The summed E-state index contributed by atoms with van der Waals surface area (Å²) in [5, 5.41) is 19.7. The number of rotatable bonds is 10. The molecule has 0 saturated carbocycles. The predicted octanol–water partition coefficient (Wildman–Crippen LogP) is 25.1. The first-order valence-electron chi connectivity index (χ1n) is 38.8. The van der Waals surface area contributed by atoms with Crippen LogP contribution in [0.1, 0.15) is 44.5 Å². The highest BCUT2D eigenvalue weighted by atomic mass is 79.9. The third kappa shape index (κ3) is 12.3. The van der Waals surface area contributed by atoms with Gasteiger partial charge in [-0.25, -0.2) is 28.7 Å². The molecule has 4 aliphatic carbocycles. The Morgan fingerprint density at radius 3 is 0.862 bits per heavy atom. The van der Waals surface area contributed by atoms with Crippen LogP contribution in [0.25, 0.3) is 146 Å². The Kier molecular flexibility index (Phi) is 18.1. The van der Waals surface area contributed by atoms with Crippen molar-refractivity contribution in [3.05, 3.63) is 461 Å². The van der Waals surface area contributed by atoms with Crippen LogP contribution in [0.2, 0.25) is 0 Å². The van der Waals surface area contributed by atoms with Crippen LogP contribution < -0.4 is 5.46 Å². The van der Waals surface area contributed by atoms with Gasteiger partial charge in [0.05, 0.1) is 33.6 Å². The van der Waals surface area contributed by atoms with E-state index in [-0.39, 0.29) is 17.0 Å². The molecule has 4 aliphatic rings. The summed E-state index contributed by atoms with van der Waals surface area (Å²) in [7, 11) is -1.49. The number of nitrogens with zero attached hydrogens (tertiary/aromatic N) is 4. The standard InChI is InChI=1S/C53H33FN2.C28H18BrFN2.C25H17BO2/c54-41-28-25-37(26-29-41)52-55-50(33-51(56-52)40-14-10-13-38(31-40)34-11-2-1-3-12-34)36-23-21-35(22-24-36)39-27-30-45-44-17-6-9-20-48(44)53(49(45)32-39)46-18-7-4-15-42(46)43-16-5-8-19-47(43)53;29-24-13-9-20(10-14-24)26-18-27(32-28(31-26)21-11-15-25(30)16-12-21)23-8-4-7-22(17-23)19-5-2-1-3-6-19;27-26(28)16-13-14-20-19-9-3-6-12-23(19)25(24(20)15-16)21-10-4-1-7-17(21)18-8-2-5-11-22(18)25/h1-33H;1-18H;1-15,27-28H. The lowest BCUT2D eigenvalue weighted by molar-refractivity contribution is 0.425. The van der Waals surface area contributed by atoms with Crippen LogP contribution in [0.3, 0.4) is 0 Å². The highest BCUT2D eigenvalue weighted by molar-refractivity contribution is 9.10. The fourth-order valence-electron chi connectivity index (χ4n) is 17.9. The van der Waals surface area contributed by atoms with Crippen molar-refractivity contribution >= 4 is 28.5 Å². The molecule has 2 heterocycles. The Balaban J connectivity index is 0.000000122. The number of hydrogen-bond donors (Lipinski definition) is 2. The summed E-state index contributed by atoms with van der Waals surface area (Å²) in [5.41, 5.74) is 35.5. The minimum Gasteiger partial charge on any atom is -0.423 e. The molecule has 0 amide bonds. The Morgan fingerprint density at radius 1 is 0.216 bits per heavy atom. The topological polar surface area (TPSA) is 92.0 Å². The molecular weight excluding hydrogens is 1490 g/mol. The molecule has 0 bridgehead atoms. The van der Waals surface area contributed by atoms with Crippen molar-refractivity contribution in [1.82, 2.24) is 19.9 Å². The van der Waals surface area contributed by atoms with Crippen LogP contribution in [0, 0.1) is 11.6 Å². The first-order chi connectivity index (χ1) is 57.0. The third-order valence-electron chi connectivity index (χ3n) is 23.2. The summed E-state index contributed by atoms with van der Waals surface area (Å²) in [6, 6.07) is 136. The van der Waals surface area contributed by atoms with Crippen LogP contribution in [-0.4, -0.2) is 37.1 Å². The lowest BCUT2D eigenvalue weighted by Gasteiger charge is -2.30. The van der Waals surface area contributed by atoms with Gasteiger partial charge in [-0.05, 0) is 219 Å². The molecule has 116 heavy (non-hydrogen) atoms. The van der Waals surface area contributed by atoms with Crippen molar-refractivity contribution in [2.24, 2.45) is 0 Å². The van der Waals surface area contributed by atoms with E-state index in [1.54, 1.807) is 24.3 Å². The maximum absolute atomic E-state index is 14.0. The van der Waals surface area contributed by atoms with Crippen LogP contribution in [0.4, 0.5) is 8.78 Å². The summed E-state index contributed by atoms with van der Waals surface area (Å²) in [5.74, 6) is 0.533. The summed E-state index contributed by atoms with van der Waals surface area (Å²) in [6.45, 7) is 0. The van der Waals surface area contributed by atoms with E-state index in [0.717, 1.165) is 105 Å². The van der Waals surface area contributed by atoms with Crippen molar-refractivity contribution in [3.8, 4) is 146 Å². The largest absolute Gasteiger partial charge is 0.488 e. The molecule has 18 aromatic rings. The minimum absolute atomic E-state index is 0.284. The van der Waals surface area contributed by atoms with E-state index >= 15 is 0 Å². The molecule has 2 aromatic heterocycles. The summed E-state index contributed by atoms with van der Waals surface area (Å²) in [4.78, 5) is 19.7. The van der Waals surface area contributed by atoms with Gasteiger partial charge >= 0.3 is 7.12 Å². The van der Waals surface area contributed by atoms with Gasteiger partial charge in [0, 0.05) is 37.9 Å². The average molecular weight is 1560 g/mol. The Bertz CT molecular complexity index is 6650. The smallest absolute Gasteiger partial charge is 0.423 e. The molecule has 16 aromatic carbocycles. The zero-order valence-corrected chi connectivity index (χ0v) is 64.1. The number of halogens is 3. The molecule has 0 unspecified atom stereocenters. The van der Waals surface area contributed by atoms with Crippen LogP contribution >= 0.6 is 15.9 Å². The Hall–Kier alpha value is -14.0. The van der Waals surface area contributed by atoms with Crippen molar-refractivity contribution in [3.63, 3.8) is 0 Å². The second-order valence-corrected chi connectivity index (χ2v) is 30.5. The van der Waals surface area contributed by atoms with Gasteiger partial charge in [-0.3, -0.25) is 0 Å². The fourth-order valence-corrected chi connectivity index (χ4v) is 18.2. The fraction of sp³-hybridized carbons (Fsp3) is 0.0189. The van der Waals surface area contributed by atoms with Gasteiger partial charge in [0.15, 0.2) is 11.6 Å². The highest BCUT2D eigenvalue weighted by Crippen LogP contribution is 2.65. The molecule has 2 N–H and O–H groups in total. The van der Waals surface area contributed by atoms with E-state index in [9.17, 15) is 18.8 Å². The van der Waals surface area contributed by atoms with E-state index < -0.39 is 12.5 Å². The highest BCUT2D eigenvalue weighted by Gasteiger charge is 2.53. The number of hydrogen-bond acceptors (Lipinski definition) is 6. The van der Waals surface area contributed by atoms with E-state index in [1.165, 1.54) is 102 Å². The quantitative estimate of drug-likeness (QED) is 0.133. The van der Waals surface area contributed by atoms with E-state index in [4.69, 9.17) is 19.9 Å². The zero-order chi connectivity index (χ0) is 78.0. The maximum atomic E-state index is 14.0. The number of aromatic nitrogens is 4. The Labute approximate surface area is 680 Å². The summed E-state index contributed by atoms with van der Waals surface area (Å²) < 4.78 is 28.5. The van der Waals surface area contributed by atoms with Crippen molar-refractivity contribution in [2.45, 2.75) is 10.8 Å². The van der Waals surface area contributed by atoms with Gasteiger partial charge in [-0.1, -0.05) is 325 Å². The van der Waals surface area contributed by atoms with Crippen molar-refractivity contribution in [2.75, 3.05) is 0 Å². The van der Waals surface area contributed by atoms with E-state index in [0.29, 0.717) is 17.1 Å². The van der Waals surface area contributed by atoms with Gasteiger partial charge in [0.25, 0.3) is 0 Å². The molecule has 0 saturated heterocycles. The van der Waals surface area contributed by atoms with Crippen LogP contribution in [0.5, 0.6) is 0 Å². The van der Waals surface area contributed by atoms with E-state index in [1.807, 2.05) is 91.0 Å². The molecule has 548 valence electrons. The lowest BCUT2D eigenvalue weighted by Crippen LogP contribution is -2.32. The normalized spacial score (nSPS) is 12.7. The first-order valence-corrected chi connectivity index (χ1v) is 39.5. The Morgan fingerprint density at radius 2 is 0.483 bits per heavy atom. The van der Waals surface area contributed by atoms with Crippen molar-refractivity contribution in [1.29, 1.82) is 0 Å². The van der Waals surface area contributed by atoms with Gasteiger partial charge in [0.2, 0.25) is 0 Å². The third-order valence-corrected chi connectivity index (χ3v) is 23.7. The molecular formula is C106H68BBrF2N4O2. The molecule has 2 spiro atoms. The monoisotopic (exact) mass is 1560 g/mol. The second kappa shape index (κ2) is 29.5.